The van der Waals surface area contributed by atoms with Crippen molar-refractivity contribution in [3.63, 3.8) is 0 Å². The van der Waals surface area contributed by atoms with Gasteiger partial charge in [0.15, 0.2) is 0 Å². The molecule has 204 valence electrons. The van der Waals surface area contributed by atoms with Crippen molar-refractivity contribution in [2.24, 2.45) is 0 Å². The van der Waals surface area contributed by atoms with Gasteiger partial charge < -0.3 is 0 Å². The maximum absolute atomic E-state index is 14.7. The van der Waals surface area contributed by atoms with E-state index in [1.165, 1.54) is 93.9 Å². The highest BCUT2D eigenvalue weighted by molar-refractivity contribution is 5.49. The van der Waals surface area contributed by atoms with Gasteiger partial charge in [-0.15, -0.1) is 0 Å². The van der Waals surface area contributed by atoms with Crippen molar-refractivity contribution in [1.82, 2.24) is 0 Å². The standard InChI is InChI=1S/C37H42F2/c1-3-5-7-9-11-13-15-31-18-22-33(23-19-31)26-27-35-36(38)28-34(29-37(35)39)25-24-32-20-16-30(17-21-32)14-12-10-8-6-4-2/h16-23,28-29H,3-15H2,1-2H3. The fraction of sp³-hybridized carbons (Fsp3) is 0.405. The molecule has 39 heavy (non-hydrogen) atoms. The van der Waals surface area contributed by atoms with Gasteiger partial charge in [0.25, 0.3) is 0 Å². The van der Waals surface area contributed by atoms with Gasteiger partial charge in [0.1, 0.15) is 11.6 Å². The van der Waals surface area contributed by atoms with Gasteiger partial charge in [0, 0.05) is 16.7 Å². The molecule has 0 bridgehead atoms. The zero-order chi connectivity index (χ0) is 27.7. The van der Waals surface area contributed by atoms with Gasteiger partial charge in [0.05, 0.1) is 5.56 Å². The van der Waals surface area contributed by atoms with E-state index >= 15 is 0 Å². The predicted octanol–water partition coefficient (Wildman–Crippen LogP) is 10.2. The molecule has 0 radical (unpaired) electrons. The van der Waals surface area contributed by atoms with Crippen LogP contribution in [0.4, 0.5) is 8.78 Å². The summed E-state index contributed by atoms with van der Waals surface area (Å²) in [6.07, 6.45) is 16.1. The number of benzene rings is 3. The largest absolute Gasteiger partial charge is 0.205 e. The maximum Gasteiger partial charge on any atom is 0.143 e. The Morgan fingerprint density at radius 2 is 0.846 bits per heavy atom. The third kappa shape index (κ3) is 11.1. The van der Waals surface area contributed by atoms with E-state index < -0.39 is 11.6 Å². The Hall–Kier alpha value is -3.36. The van der Waals surface area contributed by atoms with Gasteiger partial charge in [-0.25, -0.2) is 8.78 Å². The smallest absolute Gasteiger partial charge is 0.143 e. The minimum absolute atomic E-state index is 0.222. The van der Waals surface area contributed by atoms with Crippen molar-refractivity contribution < 1.29 is 8.78 Å². The summed E-state index contributed by atoms with van der Waals surface area (Å²) in [6.45, 7) is 4.46. The van der Waals surface area contributed by atoms with Crippen LogP contribution in [-0.4, -0.2) is 0 Å². The molecule has 0 aliphatic rings. The second kappa shape index (κ2) is 17.3. The Morgan fingerprint density at radius 3 is 1.31 bits per heavy atom. The lowest BCUT2D eigenvalue weighted by molar-refractivity contribution is 0.577. The van der Waals surface area contributed by atoms with Gasteiger partial charge in [-0.05, 0) is 73.2 Å². The summed E-state index contributed by atoms with van der Waals surface area (Å²) in [5.74, 6) is 10.1. The van der Waals surface area contributed by atoms with Crippen LogP contribution in [0.25, 0.3) is 0 Å². The number of hydrogen-bond donors (Lipinski definition) is 0. The first-order valence-electron chi connectivity index (χ1n) is 14.8. The second-order valence-electron chi connectivity index (χ2n) is 10.4. The topological polar surface area (TPSA) is 0 Å². The number of rotatable bonds is 13. The minimum atomic E-state index is -0.690. The Kier molecular flexibility index (Phi) is 13.4. The molecule has 0 aliphatic heterocycles. The van der Waals surface area contributed by atoms with E-state index in [0.29, 0.717) is 5.56 Å². The zero-order valence-corrected chi connectivity index (χ0v) is 23.7. The van der Waals surface area contributed by atoms with Crippen molar-refractivity contribution in [3.8, 4) is 23.7 Å². The molecule has 0 unspecified atom stereocenters. The van der Waals surface area contributed by atoms with E-state index in [0.717, 1.165) is 24.0 Å². The summed E-state index contributed by atoms with van der Waals surface area (Å²) in [4.78, 5) is 0. The molecule has 0 aromatic heterocycles. The first-order chi connectivity index (χ1) is 19.1. The number of halogens is 2. The number of unbranched alkanes of at least 4 members (excludes halogenated alkanes) is 9. The highest BCUT2D eigenvalue weighted by atomic mass is 19.1. The molecule has 2 heteroatoms. The molecule has 3 aromatic carbocycles. The van der Waals surface area contributed by atoms with E-state index in [1.54, 1.807) is 0 Å². The summed E-state index contributed by atoms with van der Waals surface area (Å²) in [6, 6.07) is 18.6. The van der Waals surface area contributed by atoms with E-state index in [1.807, 2.05) is 24.3 Å². The Bertz CT molecular complexity index is 1240. The molecular formula is C37H42F2. The molecule has 3 rings (SSSR count). The Labute approximate surface area is 235 Å². The maximum atomic E-state index is 14.7. The van der Waals surface area contributed by atoms with Crippen LogP contribution in [0.15, 0.2) is 60.7 Å². The van der Waals surface area contributed by atoms with Crippen LogP contribution in [-0.2, 0) is 12.8 Å². The monoisotopic (exact) mass is 524 g/mol. The molecule has 0 fully saturated rings. The van der Waals surface area contributed by atoms with Crippen LogP contribution in [0, 0.1) is 35.3 Å². The SMILES string of the molecule is CCCCCCCCc1ccc(C#Cc2c(F)cc(C#Cc3ccc(CCCCCCC)cc3)cc2F)cc1. The molecule has 0 atom stereocenters. The highest BCUT2D eigenvalue weighted by Crippen LogP contribution is 2.16. The van der Waals surface area contributed by atoms with E-state index in [2.05, 4.69) is 61.8 Å². The fourth-order valence-electron chi connectivity index (χ4n) is 4.60. The van der Waals surface area contributed by atoms with Crippen LogP contribution < -0.4 is 0 Å². The third-order valence-corrected chi connectivity index (χ3v) is 7.02. The summed E-state index contributed by atoms with van der Waals surface area (Å²) in [5, 5.41) is 0. The molecule has 3 aromatic rings. The van der Waals surface area contributed by atoms with Crippen molar-refractivity contribution in [2.45, 2.75) is 97.3 Å². The molecule has 0 spiro atoms. The lowest BCUT2D eigenvalue weighted by Crippen LogP contribution is -1.93. The fourth-order valence-corrected chi connectivity index (χ4v) is 4.60. The van der Waals surface area contributed by atoms with Gasteiger partial charge in [0.2, 0.25) is 0 Å². The number of hydrogen-bond acceptors (Lipinski definition) is 0. The minimum Gasteiger partial charge on any atom is -0.205 e. The average Bonchev–Trinajstić information content (AvgIpc) is 2.94. The summed E-state index contributed by atoms with van der Waals surface area (Å²) in [7, 11) is 0. The molecule has 0 saturated heterocycles. The summed E-state index contributed by atoms with van der Waals surface area (Å²) < 4.78 is 29.4. The first-order valence-corrected chi connectivity index (χ1v) is 14.8. The van der Waals surface area contributed by atoms with E-state index in [-0.39, 0.29) is 5.56 Å². The number of aryl methyl sites for hydroxylation is 2. The van der Waals surface area contributed by atoms with E-state index in [4.69, 9.17) is 0 Å². The van der Waals surface area contributed by atoms with Crippen molar-refractivity contribution in [3.05, 3.63) is 106 Å². The Balaban J connectivity index is 1.55. The van der Waals surface area contributed by atoms with Gasteiger partial charge in [-0.1, -0.05) is 120 Å². The molecule has 0 N–H and O–H groups in total. The highest BCUT2D eigenvalue weighted by Gasteiger charge is 2.08. The Morgan fingerprint density at radius 1 is 0.462 bits per heavy atom. The van der Waals surface area contributed by atoms with Crippen LogP contribution in [0.1, 0.15) is 118 Å². The van der Waals surface area contributed by atoms with Gasteiger partial charge in [-0.2, -0.15) is 0 Å². The summed E-state index contributed by atoms with van der Waals surface area (Å²) in [5.41, 5.74) is 4.22. The van der Waals surface area contributed by atoms with Crippen molar-refractivity contribution in [1.29, 1.82) is 0 Å². The molecular weight excluding hydrogens is 482 g/mol. The molecule has 0 amide bonds. The summed E-state index contributed by atoms with van der Waals surface area (Å²) >= 11 is 0. The predicted molar refractivity (Wildman–Crippen MR) is 161 cm³/mol. The second-order valence-corrected chi connectivity index (χ2v) is 10.4. The first kappa shape index (κ1) is 30.2. The van der Waals surface area contributed by atoms with Crippen LogP contribution in [0.5, 0.6) is 0 Å². The van der Waals surface area contributed by atoms with Crippen LogP contribution >= 0.6 is 0 Å². The molecule has 0 aliphatic carbocycles. The third-order valence-electron chi connectivity index (χ3n) is 7.02. The molecule has 0 heterocycles. The lowest BCUT2D eigenvalue weighted by atomic mass is 10.0. The van der Waals surface area contributed by atoms with Gasteiger partial charge >= 0.3 is 0 Å². The van der Waals surface area contributed by atoms with Gasteiger partial charge in [-0.3, -0.25) is 0 Å². The van der Waals surface area contributed by atoms with Crippen LogP contribution in [0.2, 0.25) is 0 Å². The normalized spacial score (nSPS) is 10.5. The van der Waals surface area contributed by atoms with E-state index in [9.17, 15) is 8.78 Å². The quantitative estimate of drug-likeness (QED) is 0.154. The van der Waals surface area contributed by atoms with Crippen LogP contribution in [0.3, 0.4) is 0 Å². The molecule has 0 nitrogen and oxygen atoms in total. The molecule has 0 saturated carbocycles. The average molecular weight is 525 g/mol. The van der Waals surface area contributed by atoms with Crippen molar-refractivity contribution >= 4 is 0 Å². The zero-order valence-electron chi connectivity index (χ0n) is 23.7. The van der Waals surface area contributed by atoms with Crippen molar-refractivity contribution in [2.75, 3.05) is 0 Å². The lowest BCUT2D eigenvalue weighted by Gasteiger charge is -2.02.